The van der Waals surface area contributed by atoms with E-state index in [2.05, 4.69) is 35.0 Å². The SMILES string of the molecule is CC1=C(C#N)[C@H](c2ccc(-c3cccs3)s2)C2=C(CCCC2=O)N1. The fourth-order valence-electron chi connectivity index (χ4n) is 3.48. The molecule has 2 aromatic rings. The van der Waals surface area contributed by atoms with E-state index in [1.807, 2.05) is 13.0 Å². The molecule has 5 heteroatoms. The molecule has 3 heterocycles. The minimum atomic E-state index is -0.210. The Balaban J connectivity index is 1.83. The van der Waals surface area contributed by atoms with E-state index >= 15 is 0 Å². The maximum Gasteiger partial charge on any atom is 0.161 e. The number of Topliss-reactive ketones (excluding diaryl/α,β-unsaturated/α-hetero) is 1. The Hall–Kier alpha value is -2.16. The molecule has 0 saturated heterocycles. The summed E-state index contributed by atoms with van der Waals surface area (Å²) >= 11 is 3.40. The van der Waals surface area contributed by atoms with Crippen LogP contribution in [0.5, 0.6) is 0 Å². The summed E-state index contributed by atoms with van der Waals surface area (Å²) in [4.78, 5) is 16.1. The minimum absolute atomic E-state index is 0.181. The number of nitrogens with one attached hydrogen (secondary N) is 1. The number of carbonyl (C=O) groups excluding carboxylic acids is 1. The van der Waals surface area contributed by atoms with Crippen LogP contribution in [-0.2, 0) is 4.79 Å². The Kier molecular flexibility index (Phi) is 3.87. The quantitative estimate of drug-likeness (QED) is 0.830. The maximum atomic E-state index is 12.6. The summed E-state index contributed by atoms with van der Waals surface area (Å²) in [5, 5.41) is 15.1. The summed E-state index contributed by atoms with van der Waals surface area (Å²) < 4.78 is 0. The summed E-state index contributed by atoms with van der Waals surface area (Å²) in [6, 6.07) is 10.7. The first-order valence-corrected chi connectivity index (χ1v) is 9.66. The van der Waals surface area contributed by atoms with Crippen LogP contribution in [0.3, 0.4) is 0 Å². The molecule has 1 N–H and O–H groups in total. The smallest absolute Gasteiger partial charge is 0.161 e. The zero-order chi connectivity index (χ0) is 16.7. The van der Waals surface area contributed by atoms with Gasteiger partial charge < -0.3 is 5.32 Å². The van der Waals surface area contributed by atoms with Gasteiger partial charge in [-0.25, -0.2) is 0 Å². The average molecular weight is 352 g/mol. The topological polar surface area (TPSA) is 52.9 Å². The largest absolute Gasteiger partial charge is 0.361 e. The van der Waals surface area contributed by atoms with Gasteiger partial charge in [0.1, 0.15) is 0 Å². The van der Waals surface area contributed by atoms with Gasteiger partial charge in [0.05, 0.1) is 17.6 Å². The Labute approximate surface area is 148 Å². The molecule has 2 aliphatic rings. The number of allylic oxidation sites excluding steroid dienone is 4. The number of ketones is 1. The molecule has 0 amide bonds. The second-order valence-corrected chi connectivity index (χ2v) is 8.12. The maximum absolute atomic E-state index is 12.6. The lowest BCUT2D eigenvalue weighted by Crippen LogP contribution is -2.30. The molecule has 0 unspecified atom stereocenters. The highest BCUT2D eigenvalue weighted by molar-refractivity contribution is 7.21. The third-order valence-corrected chi connectivity index (χ3v) is 6.79. The predicted molar refractivity (Wildman–Crippen MR) is 97.7 cm³/mol. The summed E-state index contributed by atoms with van der Waals surface area (Å²) in [6.07, 6.45) is 2.35. The normalized spacial score (nSPS) is 20.7. The van der Waals surface area contributed by atoms with Gasteiger partial charge >= 0.3 is 0 Å². The van der Waals surface area contributed by atoms with E-state index in [-0.39, 0.29) is 11.7 Å². The monoisotopic (exact) mass is 352 g/mol. The number of nitrogens with zero attached hydrogens (tertiary/aromatic N) is 1. The molecule has 2 aromatic heterocycles. The van der Waals surface area contributed by atoms with Crippen molar-refractivity contribution in [1.82, 2.24) is 5.32 Å². The number of hydrogen-bond donors (Lipinski definition) is 1. The van der Waals surface area contributed by atoms with E-state index in [0.717, 1.165) is 34.7 Å². The van der Waals surface area contributed by atoms with Crippen molar-refractivity contribution in [2.24, 2.45) is 0 Å². The van der Waals surface area contributed by atoms with Crippen molar-refractivity contribution in [3.63, 3.8) is 0 Å². The standard InChI is InChI=1S/C19H16N2OS2/c1-11-12(10-20)18(19-13(21-11)4-2-5-14(19)22)17-8-7-16(24-17)15-6-3-9-23-15/h3,6-9,18,21H,2,4-5H2,1H3/t18-/m1/s1. The molecule has 24 heavy (non-hydrogen) atoms. The van der Waals surface area contributed by atoms with Crippen molar-refractivity contribution in [3.8, 4) is 15.8 Å². The highest BCUT2D eigenvalue weighted by Gasteiger charge is 2.36. The zero-order valence-corrected chi connectivity index (χ0v) is 14.9. The highest BCUT2D eigenvalue weighted by atomic mass is 32.1. The zero-order valence-electron chi connectivity index (χ0n) is 13.3. The lowest BCUT2D eigenvalue weighted by Gasteiger charge is -2.31. The fraction of sp³-hybridized carbons (Fsp3) is 0.263. The molecule has 0 saturated carbocycles. The fourth-order valence-corrected chi connectivity index (χ4v) is 5.44. The highest BCUT2D eigenvalue weighted by Crippen LogP contribution is 2.45. The molecule has 0 fully saturated rings. The van der Waals surface area contributed by atoms with Gasteiger partial charge in [-0.2, -0.15) is 5.26 Å². The van der Waals surface area contributed by atoms with Crippen molar-refractivity contribution in [2.75, 3.05) is 0 Å². The Morgan fingerprint density at radius 2 is 2.12 bits per heavy atom. The van der Waals surface area contributed by atoms with Gasteiger partial charge in [0.2, 0.25) is 0 Å². The summed E-state index contributed by atoms with van der Waals surface area (Å²) in [5.41, 5.74) is 3.37. The van der Waals surface area contributed by atoms with Crippen LogP contribution in [0.4, 0.5) is 0 Å². The van der Waals surface area contributed by atoms with Gasteiger partial charge in [-0.15, -0.1) is 22.7 Å². The summed E-state index contributed by atoms with van der Waals surface area (Å²) in [6.45, 7) is 1.93. The van der Waals surface area contributed by atoms with E-state index in [1.165, 1.54) is 9.75 Å². The van der Waals surface area contributed by atoms with Crippen LogP contribution >= 0.6 is 22.7 Å². The third-order valence-electron chi connectivity index (χ3n) is 4.57. The molecular weight excluding hydrogens is 336 g/mol. The predicted octanol–water partition coefficient (Wildman–Crippen LogP) is 4.97. The first-order chi connectivity index (χ1) is 11.7. The van der Waals surface area contributed by atoms with Crippen molar-refractivity contribution in [3.05, 3.63) is 57.1 Å². The van der Waals surface area contributed by atoms with Crippen LogP contribution in [0.1, 0.15) is 37.0 Å². The Bertz CT molecular complexity index is 910. The van der Waals surface area contributed by atoms with Crippen molar-refractivity contribution < 1.29 is 4.79 Å². The van der Waals surface area contributed by atoms with Crippen molar-refractivity contribution in [2.45, 2.75) is 32.1 Å². The van der Waals surface area contributed by atoms with Gasteiger partial charge in [-0.1, -0.05) is 6.07 Å². The molecule has 0 spiro atoms. The van der Waals surface area contributed by atoms with Crippen LogP contribution in [0.15, 0.2) is 52.2 Å². The first kappa shape index (κ1) is 15.4. The molecule has 0 radical (unpaired) electrons. The number of carbonyl (C=O) groups is 1. The summed E-state index contributed by atoms with van der Waals surface area (Å²) in [7, 11) is 0. The van der Waals surface area contributed by atoms with E-state index < -0.39 is 0 Å². The average Bonchev–Trinajstić information content (AvgIpc) is 3.25. The molecule has 3 nitrogen and oxygen atoms in total. The second-order valence-electron chi connectivity index (χ2n) is 6.06. The van der Waals surface area contributed by atoms with Gasteiger partial charge in [0.15, 0.2) is 5.78 Å². The van der Waals surface area contributed by atoms with Gasteiger partial charge in [-0.3, -0.25) is 4.79 Å². The number of rotatable bonds is 2. The Morgan fingerprint density at radius 3 is 2.88 bits per heavy atom. The lowest BCUT2D eigenvalue weighted by molar-refractivity contribution is -0.116. The lowest BCUT2D eigenvalue weighted by atomic mass is 9.78. The van der Waals surface area contributed by atoms with Crippen molar-refractivity contribution in [1.29, 1.82) is 5.26 Å². The molecule has 120 valence electrons. The molecule has 4 rings (SSSR count). The van der Waals surface area contributed by atoms with E-state index in [1.54, 1.807) is 22.7 Å². The number of nitriles is 1. The molecule has 0 aromatic carbocycles. The van der Waals surface area contributed by atoms with E-state index in [4.69, 9.17) is 0 Å². The molecule has 1 aliphatic carbocycles. The summed E-state index contributed by atoms with van der Waals surface area (Å²) in [5.74, 6) is -0.0298. The minimum Gasteiger partial charge on any atom is -0.361 e. The Morgan fingerprint density at radius 1 is 1.25 bits per heavy atom. The van der Waals surface area contributed by atoms with Crippen molar-refractivity contribution >= 4 is 28.5 Å². The molecule has 1 atom stereocenters. The second kappa shape index (κ2) is 6.04. The van der Waals surface area contributed by atoms with Crippen LogP contribution in [0.2, 0.25) is 0 Å². The van der Waals surface area contributed by atoms with Crippen LogP contribution in [-0.4, -0.2) is 5.78 Å². The number of thiophene rings is 2. The van der Waals surface area contributed by atoms with Crippen LogP contribution in [0.25, 0.3) is 9.75 Å². The van der Waals surface area contributed by atoms with Gasteiger partial charge in [0.25, 0.3) is 0 Å². The molecule has 1 aliphatic heterocycles. The third kappa shape index (κ3) is 2.43. The molecule has 0 bridgehead atoms. The van der Waals surface area contributed by atoms with E-state index in [0.29, 0.717) is 12.0 Å². The van der Waals surface area contributed by atoms with Crippen LogP contribution in [0, 0.1) is 11.3 Å². The van der Waals surface area contributed by atoms with Gasteiger partial charge in [-0.05, 0) is 43.3 Å². The first-order valence-electron chi connectivity index (χ1n) is 7.96. The molecular formula is C19H16N2OS2. The number of dihydropyridines is 1. The van der Waals surface area contributed by atoms with Crippen LogP contribution < -0.4 is 5.32 Å². The van der Waals surface area contributed by atoms with E-state index in [9.17, 15) is 10.1 Å². The number of hydrogen-bond acceptors (Lipinski definition) is 5. The van der Waals surface area contributed by atoms with Gasteiger partial charge in [0, 0.05) is 38.0 Å².